The fourth-order valence-electron chi connectivity index (χ4n) is 1.63. The molecule has 94 valence electrons. The number of benzene rings is 2. The first-order valence-corrected chi connectivity index (χ1v) is 5.71. The van der Waals surface area contributed by atoms with E-state index in [-0.39, 0.29) is 0 Å². The van der Waals surface area contributed by atoms with Crippen LogP contribution in [0.2, 0.25) is 0 Å². The Kier molecular flexibility index (Phi) is 6.85. The molecule has 0 aliphatic carbocycles. The predicted molar refractivity (Wildman–Crippen MR) is 71.4 cm³/mol. The van der Waals surface area contributed by atoms with Gasteiger partial charge in [0.1, 0.15) is 13.1 Å². The summed E-state index contributed by atoms with van der Waals surface area (Å²) in [6.45, 7) is 2.10. The standard InChI is InChI=1S/C14H15N.HNO2/c1-3-7-13(8-4-1)11-15-12-14-9-5-2-6-10-14;2-1-3/h1-10,15H,11-12H2;(H,2,3). The van der Waals surface area contributed by atoms with E-state index in [1.54, 1.807) is 0 Å². The average Bonchev–Trinajstić information content (AvgIpc) is 2.42. The highest BCUT2D eigenvalue weighted by atomic mass is 16.6. The van der Waals surface area contributed by atoms with Gasteiger partial charge < -0.3 is 15.4 Å². The molecule has 0 aliphatic heterocycles. The molecule has 18 heavy (non-hydrogen) atoms. The Morgan fingerprint density at radius 1 is 0.833 bits per heavy atom. The van der Waals surface area contributed by atoms with Crippen LogP contribution in [0, 0.1) is 10.1 Å². The molecule has 0 atom stereocenters. The van der Waals surface area contributed by atoms with Crippen LogP contribution < -0.4 is 5.32 Å². The summed E-state index contributed by atoms with van der Waals surface area (Å²) in [5, 5.41) is 11.3. The van der Waals surface area contributed by atoms with Crippen molar-refractivity contribution in [3.63, 3.8) is 0 Å². The molecule has 0 fully saturated rings. The van der Waals surface area contributed by atoms with E-state index in [1.807, 2.05) is 0 Å². The van der Waals surface area contributed by atoms with Crippen molar-refractivity contribution in [2.75, 3.05) is 0 Å². The zero-order valence-corrected chi connectivity index (χ0v) is 10.0. The van der Waals surface area contributed by atoms with Crippen LogP contribution in [0.1, 0.15) is 11.1 Å². The Morgan fingerprint density at radius 3 is 1.50 bits per heavy atom. The topological polar surface area (TPSA) is 69.1 Å². The molecule has 0 saturated heterocycles. The summed E-state index contributed by atoms with van der Waals surface area (Å²) >= 11 is 0. The minimum atomic E-state index is 1.00. The van der Waals surface area contributed by atoms with Crippen LogP contribution in [-0.4, -0.2) is 0 Å². The molecule has 0 bridgehead atoms. The molecule has 2 rings (SSSR count). The molecule has 0 unspecified atom stereocenters. The predicted octanol–water partition coefficient (Wildman–Crippen LogP) is 2.20. The second kappa shape index (κ2) is 8.90. The Labute approximate surface area is 106 Å². The van der Waals surface area contributed by atoms with E-state index in [1.165, 1.54) is 11.1 Å². The molecular formula is C14H16N2O2. The van der Waals surface area contributed by atoms with Gasteiger partial charge in [0.25, 0.3) is 0 Å². The van der Waals surface area contributed by atoms with Crippen molar-refractivity contribution >= 4 is 0 Å². The highest BCUT2D eigenvalue weighted by Gasteiger charge is 1.95. The van der Waals surface area contributed by atoms with Crippen LogP contribution in [0.5, 0.6) is 0 Å². The zero-order chi connectivity index (χ0) is 13.1. The number of nitrogens with zero attached hydrogens (tertiary/aromatic N) is 1. The monoisotopic (exact) mass is 244 g/mol. The first-order valence-electron chi connectivity index (χ1n) is 5.71. The van der Waals surface area contributed by atoms with E-state index in [4.69, 9.17) is 10.1 Å². The molecule has 2 N–H and O–H groups in total. The third kappa shape index (κ3) is 5.77. The van der Waals surface area contributed by atoms with E-state index in [0.29, 0.717) is 0 Å². The molecule has 0 aromatic heterocycles. The van der Waals surface area contributed by atoms with Crippen molar-refractivity contribution < 1.29 is 5.32 Å². The van der Waals surface area contributed by atoms with Crippen LogP contribution in [0.4, 0.5) is 0 Å². The summed E-state index contributed by atoms with van der Waals surface area (Å²) in [5.74, 6) is 0. The number of hydrogen-bond acceptors (Lipinski definition) is 3. The molecule has 2 aromatic rings. The molecule has 0 saturated carbocycles. The van der Waals surface area contributed by atoms with Gasteiger partial charge in [0, 0.05) is 11.1 Å². The van der Waals surface area contributed by atoms with Crippen molar-refractivity contribution in [1.82, 2.24) is 0 Å². The minimum absolute atomic E-state index is 1.00. The van der Waals surface area contributed by atoms with E-state index >= 15 is 0 Å². The van der Waals surface area contributed by atoms with Crippen LogP contribution in [-0.2, 0) is 13.1 Å². The van der Waals surface area contributed by atoms with Gasteiger partial charge in [-0.3, -0.25) is 0 Å². The fraction of sp³-hybridized carbons (Fsp3) is 0.143. The lowest BCUT2D eigenvalue weighted by Gasteiger charge is -2.01. The smallest absolute Gasteiger partial charge is 0.101 e. The van der Waals surface area contributed by atoms with Gasteiger partial charge in [-0.05, 0) is 0 Å². The molecule has 0 spiro atoms. The largest absolute Gasteiger partial charge is 0.444 e. The van der Waals surface area contributed by atoms with E-state index in [2.05, 4.69) is 66.0 Å². The van der Waals surface area contributed by atoms with E-state index in [9.17, 15) is 0 Å². The summed E-state index contributed by atoms with van der Waals surface area (Å²) in [5.41, 5.74) is 2.77. The van der Waals surface area contributed by atoms with Gasteiger partial charge in [-0.25, -0.2) is 0 Å². The van der Waals surface area contributed by atoms with Crippen molar-refractivity contribution in [3.8, 4) is 0 Å². The number of rotatable bonds is 4. The number of quaternary nitrogens is 1. The lowest BCUT2D eigenvalue weighted by molar-refractivity contribution is -0.686. The van der Waals surface area contributed by atoms with Crippen molar-refractivity contribution in [1.29, 1.82) is 0 Å². The van der Waals surface area contributed by atoms with Crippen molar-refractivity contribution in [2.24, 2.45) is 5.34 Å². The highest BCUT2D eigenvalue weighted by molar-refractivity contribution is 5.14. The normalized spacial score (nSPS) is 9.11. The van der Waals surface area contributed by atoms with Gasteiger partial charge in [-0.1, -0.05) is 60.7 Å². The van der Waals surface area contributed by atoms with Crippen LogP contribution >= 0.6 is 0 Å². The molecule has 2 aromatic carbocycles. The SMILES string of the molecule is O=N[O-].c1ccc(C[NH2+]Cc2ccccc2)cc1. The lowest BCUT2D eigenvalue weighted by Crippen LogP contribution is -2.80. The first kappa shape index (κ1) is 13.9. The quantitative estimate of drug-likeness (QED) is 0.661. The summed E-state index contributed by atoms with van der Waals surface area (Å²) in [4.78, 5) is 8.00. The minimum Gasteiger partial charge on any atom is -0.444 e. The average molecular weight is 244 g/mol. The van der Waals surface area contributed by atoms with Gasteiger partial charge >= 0.3 is 0 Å². The summed E-state index contributed by atoms with van der Waals surface area (Å²) in [7, 11) is 0. The Morgan fingerprint density at radius 2 is 1.17 bits per heavy atom. The maximum atomic E-state index is 8.00. The summed E-state index contributed by atoms with van der Waals surface area (Å²) in [6, 6.07) is 21.1. The third-order valence-corrected chi connectivity index (χ3v) is 2.45. The maximum absolute atomic E-state index is 8.00. The van der Waals surface area contributed by atoms with Crippen LogP contribution in [0.3, 0.4) is 0 Å². The third-order valence-electron chi connectivity index (χ3n) is 2.45. The number of hydrogen-bond donors (Lipinski definition) is 1. The lowest BCUT2D eigenvalue weighted by atomic mass is 10.2. The zero-order valence-electron chi connectivity index (χ0n) is 10.0. The maximum Gasteiger partial charge on any atom is 0.101 e. The van der Waals surface area contributed by atoms with Crippen LogP contribution in [0.15, 0.2) is 66.0 Å². The van der Waals surface area contributed by atoms with Crippen LogP contribution in [0.25, 0.3) is 0 Å². The van der Waals surface area contributed by atoms with Gasteiger partial charge in [0.15, 0.2) is 0 Å². The molecule has 4 heteroatoms. The second-order valence-corrected chi connectivity index (χ2v) is 3.74. The number of nitrogens with two attached hydrogens (primary N) is 1. The van der Waals surface area contributed by atoms with Crippen molar-refractivity contribution in [2.45, 2.75) is 13.1 Å². The summed E-state index contributed by atoms with van der Waals surface area (Å²) in [6.07, 6.45) is 0. The summed E-state index contributed by atoms with van der Waals surface area (Å²) < 4.78 is 0. The Hall–Kier alpha value is -2.20. The first-order chi connectivity index (χ1) is 8.86. The van der Waals surface area contributed by atoms with Gasteiger partial charge in [-0.2, -0.15) is 0 Å². The van der Waals surface area contributed by atoms with Crippen molar-refractivity contribution in [3.05, 3.63) is 81.9 Å². The van der Waals surface area contributed by atoms with Gasteiger partial charge in [-0.15, -0.1) is 5.34 Å². The molecule has 0 amide bonds. The highest BCUT2D eigenvalue weighted by Crippen LogP contribution is 1.96. The second-order valence-electron chi connectivity index (χ2n) is 3.74. The molecule has 0 radical (unpaired) electrons. The molecular weight excluding hydrogens is 228 g/mol. The molecule has 4 nitrogen and oxygen atoms in total. The van der Waals surface area contributed by atoms with Gasteiger partial charge in [0.2, 0.25) is 0 Å². The molecule has 0 heterocycles. The Balaban J connectivity index is 0.000000492. The van der Waals surface area contributed by atoms with E-state index < -0.39 is 0 Å². The Bertz CT molecular complexity index is 393. The molecule has 0 aliphatic rings. The van der Waals surface area contributed by atoms with E-state index in [0.717, 1.165) is 18.4 Å². The van der Waals surface area contributed by atoms with Gasteiger partial charge in [0.05, 0.1) is 0 Å². The fourth-order valence-corrected chi connectivity index (χ4v) is 1.63.